The number of thioether (sulfide) groups is 1. The molecule has 1 aromatic carbocycles. The number of benzene rings is 1. The third-order valence-corrected chi connectivity index (χ3v) is 4.77. The van der Waals surface area contributed by atoms with Gasteiger partial charge in [0.25, 0.3) is 0 Å². The van der Waals surface area contributed by atoms with E-state index in [2.05, 4.69) is 18.2 Å². The Balaban J connectivity index is 1.82. The van der Waals surface area contributed by atoms with Gasteiger partial charge in [-0.2, -0.15) is 0 Å². The molecule has 2 aliphatic heterocycles. The Morgan fingerprint density at radius 1 is 1.28 bits per heavy atom. The third-order valence-electron chi connectivity index (χ3n) is 3.54. The smallest absolute Gasteiger partial charge is 0.240 e. The lowest BCUT2D eigenvalue weighted by Gasteiger charge is -2.32. The number of fused-ring (bicyclic) bond motifs is 1. The van der Waals surface area contributed by atoms with Gasteiger partial charge in [0.1, 0.15) is 5.25 Å². The first kappa shape index (κ1) is 12.1. The SMILES string of the molecule is O=C(C1SCCc2ccccc21)N1CCOCC1. The standard InChI is InChI=1S/C14H17NO2S/c16-14(15-6-8-17-9-7-15)13-12-4-2-1-3-11(12)5-10-18-13/h1-4,13H,5-10H2. The van der Waals surface area contributed by atoms with Gasteiger partial charge in [0.2, 0.25) is 5.91 Å². The first-order valence-corrected chi connectivity index (χ1v) is 7.47. The van der Waals surface area contributed by atoms with Crippen LogP contribution in [-0.4, -0.2) is 42.9 Å². The zero-order chi connectivity index (χ0) is 12.4. The van der Waals surface area contributed by atoms with Crippen LogP contribution in [0.2, 0.25) is 0 Å². The fourth-order valence-corrected chi connectivity index (χ4v) is 3.82. The fourth-order valence-electron chi connectivity index (χ4n) is 2.55. The number of carbonyl (C=O) groups is 1. The Hall–Kier alpha value is -1.00. The first-order valence-electron chi connectivity index (χ1n) is 6.42. The molecule has 1 saturated heterocycles. The molecule has 2 heterocycles. The van der Waals surface area contributed by atoms with Crippen LogP contribution in [0.4, 0.5) is 0 Å². The molecule has 18 heavy (non-hydrogen) atoms. The number of ether oxygens (including phenoxy) is 1. The van der Waals surface area contributed by atoms with Crippen molar-refractivity contribution in [3.63, 3.8) is 0 Å². The van der Waals surface area contributed by atoms with Crippen molar-refractivity contribution >= 4 is 17.7 Å². The molecule has 0 saturated carbocycles. The molecule has 96 valence electrons. The second kappa shape index (κ2) is 5.33. The number of rotatable bonds is 1. The maximum absolute atomic E-state index is 12.6. The average Bonchev–Trinajstić information content (AvgIpc) is 2.47. The van der Waals surface area contributed by atoms with Crippen LogP contribution in [0, 0.1) is 0 Å². The van der Waals surface area contributed by atoms with Crippen molar-refractivity contribution in [1.29, 1.82) is 0 Å². The van der Waals surface area contributed by atoms with Crippen molar-refractivity contribution in [3.05, 3.63) is 35.4 Å². The second-order valence-corrected chi connectivity index (χ2v) is 5.85. The van der Waals surface area contributed by atoms with E-state index in [1.165, 1.54) is 11.1 Å². The van der Waals surface area contributed by atoms with Crippen LogP contribution in [0.1, 0.15) is 16.4 Å². The minimum Gasteiger partial charge on any atom is -0.378 e. The summed E-state index contributed by atoms with van der Waals surface area (Å²) in [5.74, 6) is 1.30. The first-order chi connectivity index (χ1) is 8.86. The Morgan fingerprint density at radius 3 is 2.89 bits per heavy atom. The number of carbonyl (C=O) groups excluding carboxylic acids is 1. The molecule has 1 atom stereocenters. The maximum Gasteiger partial charge on any atom is 0.240 e. The largest absolute Gasteiger partial charge is 0.378 e. The molecule has 3 rings (SSSR count). The van der Waals surface area contributed by atoms with Crippen molar-refractivity contribution in [2.75, 3.05) is 32.1 Å². The molecule has 3 nitrogen and oxygen atoms in total. The van der Waals surface area contributed by atoms with Crippen LogP contribution in [-0.2, 0) is 16.0 Å². The Kier molecular flexibility index (Phi) is 3.57. The molecule has 1 unspecified atom stereocenters. The second-order valence-electron chi connectivity index (χ2n) is 4.64. The van der Waals surface area contributed by atoms with Gasteiger partial charge in [-0.25, -0.2) is 0 Å². The molecule has 0 bridgehead atoms. The van der Waals surface area contributed by atoms with Gasteiger partial charge < -0.3 is 9.64 Å². The third kappa shape index (κ3) is 2.27. The topological polar surface area (TPSA) is 29.5 Å². The van der Waals surface area contributed by atoms with Gasteiger partial charge in [0.15, 0.2) is 0 Å². The van der Waals surface area contributed by atoms with Crippen molar-refractivity contribution in [3.8, 4) is 0 Å². The number of nitrogens with zero attached hydrogens (tertiary/aromatic N) is 1. The highest BCUT2D eigenvalue weighted by molar-refractivity contribution is 8.00. The van der Waals surface area contributed by atoms with Crippen LogP contribution >= 0.6 is 11.8 Å². The number of morpholine rings is 1. The maximum atomic E-state index is 12.6. The molecule has 0 aliphatic carbocycles. The minimum absolute atomic E-state index is 0.00644. The highest BCUT2D eigenvalue weighted by atomic mass is 32.2. The molecule has 1 amide bonds. The molecule has 0 radical (unpaired) electrons. The Morgan fingerprint density at radius 2 is 2.06 bits per heavy atom. The van der Waals surface area contributed by atoms with E-state index in [9.17, 15) is 4.79 Å². The molecule has 0 spiro atoms. The molecule has 0 aromatic heterocycles. The van der Waals surface area contributed by atoms with E-state index < -0.39 is 0 Å². The van der Waals surface area contributed by atoms with Gasteiger partial charge in [0, 0.05) is 13.1 Å². The summed E-state index contributed by atoms with van der Waals surface area (Å²) in [7, 11) is 0. The van der Waals surface area contributed by atoms with Crippen LogP contribution in [0.3, 0.4) is 0 Å². The Labute approximate surface area is 111 Å². The quantitative estimate of drug-likeness (QED) is 0.775. The molecule has 1 aromatic rings. The minimum atomic E-state index is -0.00644. The monoisotopic (exact) mass is 263 g/mol. The van der Waals surface area contributed by atoms with E-state index in [4.69, 9.17) is 4.74 Å². The van der Waals surface area contributed by atoms with Crippen molar-refractivity contribution in [2.45, 2.75) is 11.7 Å². The van der Waals surface area contributed by atoms with Gasteiger partial charge in [-0.1, -0.05) is 24.3 Å². The van der Waals surface area contributed by atoms with E-state index in [-0.39, 0.29) is 11.2 Å². The van der Waals surface area contributed by atoms with Crippen molar-refractivity contribution in [2.24, 2.45) is 0 Å². The molecule has 0 N–H and O–H groups in total. The van der Waals surface area contributed by atoms with Gasteiger partial charge in [-0.15, -0.1) is 11.8 Å². The predicted octanol–water partition coefficient (Wildman–Crippen LogP) is 1.88. The van der Waals surface area contributed by atoms with Crippen molar-refractivity contribution in [1.82, 2.24) is 4.90 Å². The van der Waals surface area contributed by atoms with E-state index in [0.29, 0.717) is 13.2 Å². The lowest BCUT2D eigenvalue weighted by atomic mass is 10.0. The zero-order valence-electron chi connectivity index (χ0n) is 10.3. The van der Waals surface area contributed by atoms with Gasteiger partial charge in [0.05, 0.1) is 13.2 Å². The summed E-state index contributed by atoms with van der Waals surface area (Å²) in [5, 5.41) is -0.00644. The Bertz CT molecular complexity index is 443. The summed E-state index contributed by atoms with van der Waals surface area (Å²) in [6.45, 7) is 2.81. The molecule has 4 heteroatoms. The van der Waals surface area contributed by atoms with Crippen LogP contribution in [0.5, 0.6) is 0 Å². The van der Waals surface area contributed by atoms with E-state index in [0.717, 1.165) is 25.3 Å². The molecular formula is C14H17NO2S. The van der Waals surface area contributed by atoms with Crippen LogP contribution < -0.4 is 0 Å². The summed E-state index contributed by atoms with van der Waals surface area (Å²) in [6.07, 6.45) is 1.08. The summed E-state index contributed by atoms with van der Waals surface area (Å²) in [5.41, 5.74) is 2.55. The zero-order valence-corrected chi connectivity index (χ0v) is 11.1. The van der Waals surface area contributed by atoms with E-state index >= 15 is 0 Å². The number of hydrogen-bond acceptors (Lipinski definition) is 3. The number of aryl methyl sites for hydroxylation is 1. The lowest BCUT2D eigenvalue weighted by molar-refractivity contribution is -0.134. The highest BCUT2D eigenvalue weighted by Crippen LogP contribution is 2.37. The lowest BCUT2D eigenvalue weighted by Crippen LogP contribution is -2.43. The van der Waals surface area contributed by atoms with Crippen molar-refractivity contribution < 1.29 is 9.53 Å². The highest BCUT2D eigenvalue weighted by Gasteiger charge is 2.30. The summed E-state index contributed by atoms with van der Waals surface area (Å²) < 4.78 is 5.31. The molecule has 1 fully saturated rings. The number of amides is 1. The fraction of sp³-hybridized carbons (Fsp3) is 0.500. The number of hydrogen-bond donors (Lipinski definition) is 0. The normalized spacial score (nSPS) is 23.6. The molecular weight excluding hydrogens is 246 g/mol. The van der Waals surface area contributed by atoms with E-state index in [1.54, 1.807) is 11.8 Å². The molecule has 2 aliphatic rings. The average molecular weight is 263 g/mol. The summed E-state index contributed by atoms with van der Waals surface area (Å²) >= 11 is 1.78. The summed E-state index contributed by atoms with van der Waals surface area (Å²) in [6, 6.07) is 8.34. The van der Waals surface area contributed by atoms with Gasteiger partial charge in [-0.05, 0) is 23.3 Å². The van der Waals surface area contributed by atoms with Gasteiger partial charge in [-0.3, -0.25) is 4.79 Å². The predicted molar refractivity (Wildman–Crippen MR) is 72.7 cm³/mol. The van der Waals surface area contributed by atoms with E-state index in [1.807, 2.05) is 11.0 Å². The van der Waals surface area contributed by atoms with Crippen LogP contribution in [0.25, 0.3) is 0 Å². The summed E-state index contributed by atoms with van der Waals surface area (Å²) in [4.78, 5) is 14.5. The van der Waals surface area contributed by atoms with Gasteiger partial charge >= 0.3 is 0 Å². The van der Waals surface area contributed by atoms with Crippen LogP contribution in [0.15, 0.2) is 24.3 Å².